The molecule has 2 rings (SSSR count). The second-order valence-corrected chi connectivity index (χ2v) is 6.19. The molecule has 0 aliphatic heterocycles. The van der Waals surface area contributed by atoms with Crippen LogP contribution in [0.25, 0.3) is 0 Å². The Hall–Kier alpha value is -1.40. The molecule has 0 aliphatic rings. The van der Waals surface area contributed by atoms with Crippen molar-refractivity contribution in [3.63, 3.8) is 0 Å². The van der Waals surface area contributed by atoms with Crippen LogP contribution in [0.15, 0.2) is 54.6 Å². The largest absolute Gasteiger partial charge is 0.465 e. The van der Waals surface area contributed by atoms with E-state index in [9.17, 15) is 4.79 Å². The van der Waals surface area contributed by atoms with Gasteiger partial charge in [-0.3, -0.25) is 9.69 Å². The van der Waals surface area contributed by atoms with Crippen LogP contribution in [0, 0.1) is 3.57 Å². The van der Waals surface area contributed by atoms with Crippen LogP contribution in [0.4, 0.5) is 0 Å². The molecule has 0 fully saturated rings. The molecule has 0 aliphatic carbocycles. The van der Waals surface area contributed by atoms with Crippen molar-refractivity contribution >= 4 is 28.6 Å². The minimum Gasteiger partial charge on any atom is -0.465 e. The molecule has 0 heterocycles. The molecule has 2 aromatic rings. The average molecular weight is 409 g/mol. The Morgan fingerprint density at radius 3 is 2.41 bits per heavy atom. The summed E-state index contributed by atoms with van der Waals surface area (Å²) in [5.74, 6) is -0.177. The van der Waals surface area contributed by atoms with Gasteiger partial charge in [-0.1, -0.05) is 48.5 Å². The second-order valence-electron chi connectivity index (χ2n) is 5.03. The summed E-state index contributed by atoms with van der Waals surface area (Å²) < 4.78 is 6.31. The predicted molar refractivity (Wildman–Crippen MR) is 96.3 cm³/mol. The first-order chi connectivity index (χ1) is 10.7. The van der Waals surface area contributed by atoms with Gasteiger partial charge in [-0.25, -0.2) is 0 Å². The van der Waals surface area contributed by atoms with E-state index in [-0.39, 0.29) is 5.97 Å². The van der Waals surface area contributed by atoms with Gasteiger partial charge in [0.25, 0.3) is 0 Å². The summed E-state index contributed by atoms with van der Waals surface area (Å²) in [5.41, 5.74) is 2.42. The topological polar surface area (TPSA) is 29.5 Å². The molecule has 0 atom stereocenters. The van der Waals surface area contributed by atoms with Crippen LogP contribution < -0.4 is 0 Å². The Morgan fingerprint density at radius 2 is 1.73 bits per heavy atom. The summed E-state index contributed by atoms with van der Waals surface area (Å²) in [6, 6.07) is 18.4. The van der Waals surface area contributed by atoms with Gasteiger partial charge < -0.3 is 4.74 Å². The van der Waals surface area contributed by atoms with E-state index in [0.29, 0.717) is 13.2 Å². The Labute approximate surface area is 145 Å². The lowest BCUT2D eigenvalue weighted by molar-refractivity contribution is -0.144. The van der Waals surface area contributed by atoms with Gasteiger partial charge in [0, 0.05) is 16.7 Å². The van der Waals surface area contributed by atoms with E-state index in [1.54, 1.807) is 0 Å². The van der Waals surface area contributed by atoms with Gasteiger partial charge in [0.2, 0.25) is 0 Å². The molecular weight excluding hydrogens is 389 g/mol. The number of benzene rings is 2. The summed E-state index contributed by atoms with van der Waals surface area (Å²) in [6.07, 6.45) is 0. The van der Waals surface area contributed by atoms with Gasteiger partial charge >= 0.3 is 5.97 Å². The maximum atomic E-state index is 11.9. The fraction of sp³-hybridized carbons (Fsp3) is 0.278. The smallest absolute Gasteiger partial charge is 0.320 e. The highest BCUT2D eigenvalue weighted by Gasteiger charge is 2.14. The highest BCUT2D eigenvalue weighted by atomic mass is 127. The van der Waals surface area contributed by atoms with E-state index in [1.165, 1.54) is 14.7 Å². The van der Waals surface area contributed by atoms with E-state index in [4.69, 9.17) is 4.74 Å². The normalized spacial score (nSPS) is 10.7. The number of hydrogen-bond donors (Lipinski definition) is 0. The van der Waals surface area contributed by atoms with Crippen molar-refractivity contribution in [2.24, 2.45) is 0 Å². The molecule has 2 aromatic carbocycles. The highest BCUT2D eigenvalue weighted by Crippen LogP contribution is 2.16. The van der Waals surface area contributed by atoms with E-state index in [2.05, 4.69) is 51.8 Å². The molecule has 0 unspecified atom stereocenters. The Kier molecular flexibility index (Phi) is 6.86. The maximum absolute atomic E-state index is 11.9. The zero-order chi connectivity index (χ0) is 15.8. The van der Waals surface area contributed by atoms with Gasteiger partial charge in [0.1, 0.15) is 0 Å². The number of carbonyl (C=O) groups is 1. The molecule has 4 heteroatoms. The van der Waals surface area contributed by atoms with Crippen molar-refractivity contribution in [1.82, 2.24) is 4.90 Å². The predicted octanol–water partition coefficient (Wildman–Crippen LogP) is 3.86. The Morgan fingerprint density at radius 1 is 1.05 bits per heavy atom. The van der Waals surface area contributed by atoms with Crippen LogP contribution in [0.1, 0.15) is 18.1 Å². The minimum atomic E-state index is -0.177. The van der Waals surface area contributed by atoms with Gasteiger partial charge in [-0.05, 0) is 46.7 Å². The van der Waals surface area contributed by atoms with Crippen molar-refractivity contribution in [3.8, 4) is 0 Å². The summed E-state index contributed by atoms with van der Waals surface area (Å²) >= 11 is 2.33. The molecule has 0 radical (unpaired) electrons. The first kappa shape index (κ1) is 17.0. The van der Waals surface area contributed by atoms with E-state index in [0.717, 1.165) is 13.1 Å². The van der Waals surface area contributed by atoms with Gasteiger partial charge in [-0.2, -0.15) is 0 Å². The Bertz CT molecular complexity index is 601. The molecule has 3 nitrogen and oxygen atoms in total. The van der Waals surface area contributed by atoms with Gasteiger partial charge in [0.05, 0.1) is 13.2 Å². The van der Waals surface area contributed by atoms with Crippen LogP contribution in [-0.2, 0) is 22.6 Å². The van der Waals surface area contributed by atoms with Crippen molar-refractivity contribution < 1.29 is 9.53 Å². The number of nitrogens with zero attached hydrogens (tertiary/aromatic N) is 1. The van der Waals surface area contributed by atoms with Crippen molar-refractivity contribution in [2.45, 2.75) is 20.0 Å². The lowest BCUT2D eigenvalue weighted by Crippen LogP contribution is -2.30. The lowest BCUT2D eigenvalue weighted by Gasteiger charge is -2.22. The van der Waals surface area contributed by atoms with E-state index < -0.39 is 0 Å². The van der Waals surface area contributed by atoms with Crippen LogP contribution in [-0.4, -0.2) is 24.0 Å². The van der Waals surface area contributed by atoms with Crippen LogP contribution in [0.2, 0.25) is 0 Å². The lowest BCUT2D eigenvalue weighted by atomic mass is 10.1. The number of rotatable bonds is 7. The summed E-state index contributed by atoms with van der Waals surface area (Å²) in [5, 5.41) is 0. The SMILES string of the molecule is CCOC(=O)CN(Cc1ccccc1)Cc1ccccc1I. The van der Waals surface area contributed by atoms with Crippen LogP contribution >= 0.6 is 22.6 Å². The summed E-state index contributed by atoms with van der Waals surface area (Å²) in [7, 11) is 0. The molecule has 0 spiro atoms. The third kappa shape index (κ3) is 5.42. The first-order valence-electron chi connectivity index (χ1n) is 7.34. The van der Waals surface area contributed by atoms with Crippen molar-refractivity contribution in [3.05, 3.63) is 69.3 Å². The third-order valence-electron chi connectivity index (χ3n) is 3.26. The number of ether oxygens (including phenoxy) is 1. The standard InChI is InChI=1S/C18H20INO2/c1-2-22-18(21)14-20(12-15-8-4-3-5-9-15)13-16-10-6-7-11-17(16)19/h3-11H,2,12-14H2,1H3. The zero-order valence-electron chi connectivity index (χ0n) is 12.7. The second kappa shape index (κ2) is 8.90. The molecule has 0 amide bonds. The van der Waals surface area contributed by atoms with Crippen molar-refractivity contribution in [1.29, 1.82) is 0 Å². The number of carbonyl (C=O) groups excluding carboxylic acids is 1. The third-order valence-corrected chi connectivity index (χ3v) is 4.31. The van der Waals surface area contributed by atoms with Gasteiger partial charge in [0.15, 0.2) is 0 Å². The number of halogens is 1. The molecular formula is C18H20INO2. The van der Waals surface area contributed by atoms with E-state index in [1.807, 2.05) is 37.3 Å². The van der Waals surface area contributed by atoms with Crippen LogP contribution in [0.3, 0.4) is 0 Å². The minimum absolute atomic E-state index is 0.177. The quantitative estimate of drug-likeness (QED) is 0.514. The molecule has 116 valence electrons. The highest BCUT2D eigenvalue weighted by molar-refractivity contribution is 14.1. The molecule has 22 heavy (non-hydrogen) atoms. The summed E-state index contributed by atoms with van der Waals surface area (Å²) in [4.78, 5) is 14.0. The summed E-state index contributed by atoms with van der Waals surface area (Å²) in [6.45, 7) is 4.01. The monoisotopic (exact) mass is 409 g/mol. The fourth-order valence-corrected chi connectivity index (χ4v) is 2.82. The molecule has 0 N–H and O–H groups in total. The molecule has 0 bridgehead atoms. The Balaban J connectivity index is 2.10. The average Bonchev–Trinajstić information content (AvgIpc) is 2.51. The first-order valence-corrected chi connectivity index (χ1v) is 8.42. The molecule has 0 aromatic heterocycles. The fourth-order valence-electron chi connectivity index (χ4n) is 2.27. The number of esters is 1. The van der Waals surface area contributed by atoms with Gasteiger partial charge in [-0.15, -0.1) is 0 Å². The molecule has 0 saturated carbocycles. The van der Waals surface area contributed by atoms with E-state index >= 15 is 0 Å². The number of hydrogen-bond acceptors (Lipinski definition) is 3. The van der Waals surface area contributed by atoms with Crippen LogP contribution in [0.5, 0.6) is 0 Å². The maximum Gasteiger partial charge on any atom is 0.320 e. The van der Waals surface area contributed by atoms with Crippen molar-refractivity contribution in [2.75, 3.05) is 13.2 Å². The molecule has 0 saturated heterocycles. The zero-order valence-corrected chi connectivity index (χ0v) is 14.8.